The Bertz CT molecular complexity index is 1070. The minimum Gasteiger partial charge on any atom is -0.342 e. The number of thioether (sulfide) groups is 1. The number of carbonyl (C=O) groups is 2. The molecule has 0 aliphatic carbocycles. The molecule has 0 bridgehead atoms. The van der Waals surface area contributed by atoms with Gasteiger partial charge in [0.2, 0.25) is 5.91 Å². The molecular weight excluding hydrogens is 446 g/mol. The molecule has 0 saturated heterocycles. The Labute approximate surface area is 197 Å². The fourth-order valence-corrected chi connectivity index (χ4v) is 4.21. The van der Waals surface area contributed by atoms with Crippen LogP contribution < -0.4 is 10.6 Å². The fraction of sp³-hybridized carbons (Fsp3) is 0.304. The smallest absolute Gasteiger partial charge is 0.253 e. The number of nitrogens with one attached hydrogen (secondary N) is 2. The molecule has 1 aromatic heterocycles. The molecule has 1 heterocycles. The molecule has 7 nitrogen and oxygen atoms in total. The van der Waals surface area contributed by atoms with Gasteiger partial charge in [-0.3, -0.25) is 9.59 Å². The van der Waals surface area contributed by atoms with Crippen LogP contribution in [-0.4, -0.2) is 32.3 Å². The van der Waals surface area contributed by atoms with Gasteiger partial charge in [-0.1, -0.05) is 67.5 Å². The lowest BCUT2D eigenvalue weighted by Crippen LogP contribution is -2.34. The normalized spacial score (nSPS) is 11.9. The number of aromatic nitrogens is 3. The van der Waals surface area contributed by atoms with Crippen molar-refractivity contribution in [3.63, 3.8) is 0 Å². The van der Waals surface area contributed by atoms with E-state index in [0.29, 0.717) is 28.1 Å². The minimum absolute atomic E-state index is 0.0650. The lowest BCUT2D eigenvalue weighted by Gasteiger charge is -2.22. The number of rotatable bonds is 9. The number of halogens is 1. The van der Waals surface area contributed by atoms with Crippen LogP contribution in [0.25, 0.3) is 0 Å². The first-order chi connectivity index (χ1) is 15.4. The molecule has 2 N–H and O–H groups in total. The summed E-state index contributed by atoms with van der Waals surface area (Å²) in [5.41, 5.74) is 1.16. The van der Waals surface area contributed by atoms with Gasteiger partial charge >= 0.3 is 0 Å². The Balaban J connectivity index is 1.73. The second kappa shape index (κ2) is 11.2. The minimum atomic E-state index is -0.362. The van der Waals surface area contributed by atoms with Gasteiger partial charge in [0, 0.05) is 12.2 Å². The highest BCUT2D eigenvalue weighted by Gasteiger charge is 2.26. The van der Waals surface area contributed by atoms with E-state index in [9.17, 15) is 9.59 Å². The molecule has 3 aromatic rings. The van der Waals surface area contributed by atoms with Gasteiger partial charge in [0.15, 0.2) is 11.0 Å². The topological polar surface area (TPSA) is 88.9 Å². The number of amides is 2. The molecule has 0 aliphatic heterocycles. The van der Waals surface area contributed by atoms with E-state index in [0.717, 1.165) is 5.69 Å². The number of hydrogen-bond acceptors (Lipinski definition) is 5. The van der Waals surface area contributed by atoms with Crippen molar-refractivity contribution in [3.05, 3.63) is 71.0 Å². The predicted molar refractivity (Wildman–Crippen MR) is 128 cm³/mol. The van der Waals surface area contributed by atoms with Gasteiger partial charge in [-0.25, -0.2) is 0 Å². The Morgan fingerprint density at radius 1 is 1.06 bits per heavy atom. The van der Waals surface area contributed by atoms with E-state index in [-0.39, 0.29) is 29.5 Å². The standard InChI is InChI=1S/C23H26ClN5O2S/c1-4-29-21(20(15(2)3)26-22(31)17-12-8-9-13-18(17)24)27-28-23(29)32-14-19(30)25-16-10-6-5-7-11-16/h5-13,15,20H,4,14H2,1-3H3,(H,25,30)(H,26,31)/t20-/m0/s1. The van der Waals surface area contributed by atoms with Crippen molar-refractivity contribution in [1.29, 1.82) is 0 Å². The summed E-state index contributed by atoms with van der Waals surface area (Å²) in [5.74, 6) is 0.520. The maximum absolute atomic E-state index is 12.8. The van der Waals surface area contributed by atoms with Crippen molar-refractivity contribution in [1.82, 2.24) is 20.1 Å². The van der Waals surface area contributed by atoms with Gasteiger partial charge in [-0.15, -0.1) is 10.2 Å². The van der Waals surface area contributed by atoms with Crippen LogP contribution in [0.4, 0.5) is 5.69 Å². The van der Waals surface area contributed by atoms with Gasteiger partial charge in [0.25, 0.3) is 5.91 Å². The summed E-state index contributed by atoms with van der Waals surface area (Å²) in [4.78, 5) is 25.1. The van der Waals surface area contributed by atoms with Gasteiger partial charge in [-0.05, 0) is 37.1 Å². The third kappa shape index (κ3) is 5.89. The number of anilines is 1. The lowest BCUT2D eigenvalue weighted by molar-refractivity contribution is -0.113. The molecule has 0 aliphatic rings. The van der Waals surface area contributed by atoms with E-state index < -0.39 is 0 Å². The first kappa shape index (κ1) is 23.8. The number of benzene rings is 2. The number of carbonyl (C=O) groups excluding carboxylic acids is 2. The summed E-state index contributed by atoms with van der Waals surface area (Å²) in [6.07, 6.45) is 0. The van der Waals surface area contributed by atoms with Crippen LogP contribution in [0.2, 0.25) is 5.02 Å². The van der Waals surface area contributed by atoms with Gasteiger partial charge in [-0.2, -0.15) is 0 Å². The zero-order valence-electron chi connectivity index (χ0n) is 18.2. The molecule has 2 aromatic carbocycles. The average Bonchev–Trinajstić information content (AvgIpc) is 3.19. The van der Waals surface area contributed by atoms with Crippen LogP contribution in [0.1, 0.15) is 43.0 Å². The van der Waals surface area contributed by atoms with E-state index in [1.807, 2.05) is 55.7 Å². The van der Waals surface area contributed by atoms with Gasteiger partial charge in [0.05, 0.1) is 22.4 Å². The van der Waals surface area contributed by atoms with Crippen LogP contribution in [-0.2, 0) is 11.3 Å². The summed E-state index contributed by atoms with van der Waals surface area (Å²) in [7, 11) is 0. The van der Waals surface area contributed by atoms with Crippen molar-refractivity contribution in [3.8, 4) is 0 Å². The van der Waals surface area contributed by atoms with Crippen LogP contribution in [0.15, 0.2) is 59.8 Å². The molecule has 9 heteroatoms. The van der Waals surface area contributed by atoms with Crippen LogP contribution >= 0.6 is 23.4 Å². The van der Waals surface area contributed by atoms with E-state index in [2.05, 4.69) is 20.8 Å². The monoisotopic (exact) mass is 471 g/mol. The molecule has 2 amide bonds. The van der Waals surface area contributed by atoms with E-state index in [1.165, 1.54) is 11.8 Å². The quantitative estimate of drug-likeness (QED) is 0.437. The van der Waals surface area contributed by atoms with E-state index >= 15 is 0 Å². The predicted octanol–water partition coefficient (Wildman–Crippen LogP) is 4.81. The second-order valence-corrected chi connectivity index (χ2v) is 8.81. The highest BCUT2D eigenvalue weighted by Crippen LogP contribution is 2.26. The summed E-state index contributed by atoms with van der Waals surface area (Å²) < 4.78 is 1.93. The third-order valence-corrected chi connectivity index (χ3v) is 6.10. The Kier molecular flexibility index (Phi) is 8.30. The van der Waals surface area contributed by atoms with E-state index in [1.54, 1.807) is 24.3 Å². The van der Waals surface area contributed by atoms with E-state index in [4.69, 9.17) is 11.6 Å². The molecule has 0 unspecified atom stereocenters. The summed E-state index contributed by atoms with van der Waals surface area (Å²) in [6.45, 7) is 6.60. The zero-order valence-corrected chi connectivity index (χ0v) is 19.8. The molecule has 0 spiro atoms. The first-order valence-corrected chi connectivity index (χ1v) is 11.7. The van der Waals surface area contributed by atoms with Gasteiger partial charge < -0.3 is 15.2 Å². The molecule has 3 rings (SSSR count). The SMILES string of the molecule is CCn1c(SCC(=O)Nc2ccccc2)nnc1[C@@H](NC(=O)c1ccccc1Cl)C(C)C. The Morgan fingerprint density at radius 2 is 1.75 bits per heavy atom. The summed E-state index contributed by atoms with van der Waals surface area (Å²) in [6, 6.07) is 15.9. The highest BCUT2D eigenvalue weighted by atomic mass is 35.5. The molecule has 0 fully saturated rings. The third-order valence-electron chi connectivity index (χ3n) is 4.80. The number of hydrogen-bond donors (Lipinski definition) is 2. The van der Waals surface area contributed by atoms with Crippen molar-refractivity contribution in [2.75, 3.05) is 11.1 Å². The number of para-hydroxylation sites is 1. The van der Waals surface area contributed by atoms with Crippen LogP contribution in [0.3, 0.4) is 0 Å². The van der Waals surface area contributed by atoms with Crippen molar-refractivity contribution in [2.45, 2.75) is 38.5 Å². The molecule has 168 valence electrons. The fourth-order valence-electron chi connectivity index (χ4n) is 3.18. The van der Waals surface area contributed by atoms with Crippen molar-refractivity contribution >= 4 is 40.9 Å². The maximum Gasteiger partial charge on any atom is 0.253 e. The Morgan fingerprint density at radius 3 is 2.41 bits per heavy atom. The molecular formula is C23H26ClN5O2S. The average molecular weight is 472 g/mol. The molecule has 1 atom stereocenters. The van der Waals surface area contributed by atoms with Gasteiger partial charge in [0.1, 0.15) is 0 Å². The maximum atomic E-state index is 12.8. The largest absolute Gasteiger partial charge is 0.342 e. The highest BCUT2D eigenvalue weighted by molar-refractivity contribution is 7.99. The van der Waals surface area contributed by atoms with Crippen LogP contribution in [0.5, 0.6) is 0 Å². The lowest BCUT2D eigenvalue weighted by atomic mass is 10.0. The van der Waals surface area contributed by atoms with Crippen LogP contribution in [0, 0.1) is 5.92 Å². The molecule has 32 heavy (non-hydrogen) atoms. The molecule has 0 radical (unpaired) electrons. The summed E-state index contributed by atoms with van der Waals surface area (Å²) in [5, 5.41) is 15.6. The van der Waals surface area contributed by atoms with Crippen molar-refractivity contribution in [2.24, 2.45) is 5.92 Å². The summed E-state index contributed by atoms with van der Waals surface area (Å²) >= 11 is 7.49. The second-order valence-electron chi connectivity index (χ2n) is 7.46. The van der Waals surface area contributed by atoms with Crippen molar-refractivity contribution < 1.29 is 9.59 Å². The Hall–Kier alpha value is -2.84. The first-order valence-electron chi connectivity index (χ1n) is 10.4. The molecule has 0 saturated carbocycles. The number of nitrogens with zero attached hydrogens (tertiary/aromatic N) is 3. The zero-order chi connectivity index (χ0) is 23.1.